The normalized spacial score (nSPS) is 10.5. The van der Waals surface area contributed by atoms with Gasteiger partial charge in [-0.2, -0.15) is 4.98 Å². The molecule has 2 amide bonds. The summed E-state index contributed by atoms with van der Waals surface area (Å²) in [6.07, 6.45) is 1.51. The van der Waals surface area contributed by atoms with Gasteiger partial charge >= 0.3 is 6.03 Å². The first-order chi connectivity index (χ1) is 15.4. The van der Waals surface area contributed by atoms with Crippen molar-refractivity contribution in [2.75, 3.05) is 49.5 Å². The topological polar surface area (TPSA) is 79.8 Å². The molecule has 2 aromatic carbocycles. The summed E-state index contributed by atoms with van der Waals surface area (Å²) in [5, 5.41) is 2.41. The van der Waals surface area contributed by atoms with Gasteiger partial charge in [-0.1, -0.05) is 6.07 Å². The second kappa shape index (κ2) is 10.5. The summed E-state index contributed by atoms with van der Waals surface area (Å²) in [7, 11) is 4.91. The molecule has 0 spiro atoms. The molecular formula is C22H23F2N5O3. The summed E-state index contributed by atoms with van der Waals surface area (Å²) in [6, 6.07) is 11.0. The fourth-order valence-electron chi connectivity index (χ4n) is 2.83. The molecule has 1 N–H and O–H groups in total. The first-order valence-electron chi connectivity index (χ1n) is 9.67. The fraction of sp³-hybridized carbons (Fsp3) is 0.227. The van der Waals surface area contributed by atoms with Crippen LogP contribution in [0.25, 0.3) is 0 Å². The number of carbonyl (C=O) groups is 1. The summed E-state index contributed by atoms with van der Waals surface area (Å²) in [5.41, 5.74) is 0.143. The molecule has 1 heterocycles. The van der Waals surface area contributed by atoms with Gasteiger partial charge in [-0.05, 0) is 36.4 Å². The molecule has 0 unspecified atom stereocenters. The molecule has 3 aromatic rings. The standard InChI is InChI=1S/C22H23F2N5O3/c1-28(13-14-31-2)21-25-12-11-19(27-21)29(15-7-9-16(32-3)10-8-15)22(30)26-18-6-4-5-17(23)20(18)24/h4-12H,13-14H2,1-3H3,(H,26,30). The Morgan fingerprint density at radius 1 is 1.09 bits per heavy atom. The Labute approximate surface area is 184 Å². The Bertz CT molecular complexity index is 1070. The zero-order chi connectivity index (χ0) is 23.1. The second-order valence-electron chi connectivity index (χ2n) is 6.69. The van der Waals surface area contributed by atoms with Gasteiger partial charge in [0.1, 0.15) is 11.6 Å². The first kappa shape index (κ1) is 22.9. The third-order valence-electron chi connectivity index (χ3n) is 4.56. The number of ether oxygens (including phenoxy) is 2. The first-order valence-corrected chi connectivity index (χ1v) is 9.67. The number of benzene rings is 2. The number of aromatic nitrogens is 2. The molecule has 1 aromatic heterocycles. The summed E-state index contributed by atoms with van der Waals surface area (Å²) in [4.78, 5) is 24.9. The van der Waals surface area contributed by atoms with Crippen LogP contribution in [-0.2, 0) is 4.74 Å². The van der Waals surface area contributed by atoms with Gasteiger partial charge in [-0.15, -0.1) is 0 Å². The molecule has 0 bridgehead atoms. The predicted molar refractivity (Wildman–Crippen MR) is 118 cm³/mol. The number of hydrogen-bond acceptors (Lipinski definition) is 6. The van der Waals surface area contributed by atoms with E-state index in [1.807, 2.05) is 0 Å². The van der Waals surface area contributed by atoms with Gasteiger partial charge in [-0.3, -0.25) is 0 Å². The SMILES string of the molecule is COCCN(C)c1nccc(N(C(=O)Nc2cccc(F)c2F)c2ccc(OC)cc2)n1. The number of rotatable bonds is 8. The lowest BCUT2D eigenvalue weighted by molar-refractivity contribution is 0.206. The van der Waals surface area contributed by atoms with Crippen LogP contribution in [0.4, 0.5) is 36.7 Å². The fourth-order valence-corrected chi connectivity index (χ4v) is 2.83. The van der Waals surface area contributed by atoms with Crippen molar-refractivity contribution in [3.05, 3.63) is 66.4 Å². The van der Waals surface area contributed by atoms with Crippen LogP contribution in [0.15, 0.2) is 54.7 Å². The molecule has 0 saturated heterocycles. The Morgan fingerprint density at radius 3 is 2.53 bits per heavy atom. The Kier molecular flexibility index (Phi) is 7.50. The maximum absolute atomic E-state index is 14.1. The van der Waals surface area contributed by atoms with Crippen LogP contribution in [0.3, 0.4) is 0 Å². The van der Waals surface area contributed by atoms with Gasteiger partial charge < -0.3 is 19.7 Å². The van der Waals surface area contributed by atoms with Crippen LogP contribution in [-0.4, -0.2) is 50.4 Å². The van der Waals surface area contributed by atoms with Crippen molar-refractivity contribution < 1.29 is 23.0 Å². The largest absolute Gasteiger partial charge is 0.497 e. The van der Waals surface area contributed by atoms with Crippen LogP contribution in [0.2, 0.25) is 0 Å². The molecule has 0 aliphatic heterocycles. The minimum atomic E-state index is -1.15. The molecule has 32 heavy (non-hydrogen) atoms. The van der Waals surface area contributed by atoms with E-state index in [0.717, 1.165) is 6.07 Å². The van der Waals surface area contributed by atoms with Crippen molar-refractivity contribution in [2.45, 2.75) is 0 Å². The van der Waals surface area contributed by atoms with Gasteiger partial charge in [0.05, 0.1) is 25.1 Å². The van der Waals surface area contributed by atoms with Gasteiger partial charge in [0, 0.05) is 33.0 Å². The maximum Gasteiger partial charge on any atom is 0.332 e. The highest BCUT2D eigenvalue weighted by Crippen LogP contribution is 2.28. The number of carbonyl (C=O) groups excluding carboxylic acids is 1. The number of nitrogens with zero attached hydrogens (tertiary/aromatic N) is 4. The molecule has 8 nitrogen and oxygen atoms in total. The minimum Gasteiger partial charge on any atom is -0.497 e. The van der Waals surface area contributed by atoms with Gasteiger partial charge in [0.25, 0.3) is 0 Å². The monoisotopic (exact) mass is 443 g/mol. The van der Waals surface area contributed by atoms with Gasteiger partial charge in [0.2, 0.25) is 5.95 Å². The van der Waals surface area contributed by atoms with Crippen molar-refractivity contribution in [2.24, 2.45) is 0 Å². The molecule has 0 saturated carbocycles. The summed E-state index contributed by atoms with van der Waals surface area (Å²) in [6.45, 7) is 0.995. The van der Waals surface area contributed by atoms with Gasteiger partial charge in [0.15, 0.2) is 11.6 Å². The van der Waals surface area contributed by atoms with Crippen molar-refractivity contribution >= 4 is 29.2 Å². The molecule has 0 aliphatic rings. The minimum absolute atomic E-state index is 0.235. The predicted octanol–water partition coefficient (Wildman–Crippen LogP) is 4.22. The summed E-state index contributed by atoms with van der Waals surface area (Å²) >= 11 is 0. The number of methoxy groups -OCH3 is 2. The third kappa shape index (κ3) is 5.27. The highest BCUT2D eigenvalue weighted by atomic mass is 19.2. The molecule has 0 fully saturated rings. The number of anilines is 4. The van der Waals surface area contributed by atoms with Crippen molar-refractivity contribution in [1.29, 1.82) is 0 Å². The summed E-state index contributed by atoms with van der Waals surface area (Å²) < 4.78 is 38.0. The number of halogens is 2. The van der Waals surface area contributed by atoms with E-state index in [4.69, 9.17) is 9.47 Å². The number of hydrogen-bond donors (Lipinski definition) is 1. The lowest BCUT2D eigenvalue weighted by Crippen LogP contribution is -2.32. The Morgan fingerprint density at radius 2 is 1.84 bits per heavy atom. The number of amides is 2. The van der Waals surface area contributed by atoms with E-state index in [1.54, 1.807) is 49.4 Å². The molecule has 0 radical (unpaired) electrons. The lowest BCUT2D eigenvalue weighted by atomic mass is 10.2. The molecule has 3 rings (SSSR count). The zero-order valence-electron chi connectivity index (χ0n) is 17.9. The number of urea groups is 1. The van der Waals surface area contributed by atoms with Crippen LogP contribution in [0, 0.1) is 11.6 Å². The van der Waals surface area contributed by atoms with Crippen LogP contribution >= 0.6 is 0 Å². The highest BCUT2D eigenvalue weighted by molar-refractivity contribution is 6.06. The average Bonchev–Trinajstić information content (AvgIpc) is 2.81. The smallest absolute Gasteiger partial charge is 0.332 e. The van der Waals surface area contributed by atoms with E-state index < -0.39 is 17.7 Å². The molecular weight excluding hydrogens is 420 g/mol. The van der Waals surface area contributed by atoms with E-state index in [2.05, 4.69) is 15.3 Å². The number of nitrogens with one attached hydrogen (secondary N) is 1. The van der Waals surface area contributed by atoms with Crippen LogP contribution in [0.1, 0.15) is 0 Å². The quantitative estimate of drug-likeness (QED) is 0.562. The van der Waals surface area contributed by atoms with E-state index in [0.29, 0.717) is 30.5 Å². The highest BCUT2D eigenvalue weighted by Gasteiger charge is 2.22. The van der Waals surface area contributed by atoms with E-state index in [1.165, 1.54) is 30.3 Å². The molecule has 0 aliphatic carbocycles. The van der Waals surface area contributed by atoms with Crippen molar-refractivity contribution in [3.63, 3.8) is 0 Å². The van der Waals surface area contributed by atoms with Crippen molar-refractivity contribution in [1.82, 2.24) is 9.97 Å². The zero-order valence-corrected chi connectivity index (χ0v) is 17.9. The van der Waals surface area contributed by atoms with E-state index >= 15 is 0 Å². The molecule has 168 valence electrons. The lowest BCUT2D eigenvalue weighted by Gasteiger charge is -2.24. The van der Waals surface area contributed by atoms with Gasteiger partial charge in [-0.25, -0.2) is 23.5 Å². The summed E-state index contributed by atoms with van der Waals surface area (Å²) in [5.74, 6) is -1.03. The third-order valence-corrected chi connectivity index (χ3v) is 4.56. The van der Waals surface area contributed by atoms with E-state index in [9.17, 15) is 13.6 Å². The Balaban J connectivity index is 1.99. The second-order valence-corrected chi connectivity index (χ2v) is 6.69. The number of likely N-dealkylation sites (N-methyl/N-ethyl adjacent to an activating group) is 1. The average molecular weight is 443 g/mol. The van der Waals surface area contributed by atoms with E-state index in [-0.39, 0.29) is 11.5 Å². The van der Waals surface area contributed by atoms with Crippen LogP contribution in [0.5, 0.6) is 5.75 Å². The molecule has 10 heteroatoms. The maximum atomic E-state index is 14.1. The molecule has 0 atom stereocenters. The van der Waals surface area contributed by atoms with Crippen LogP contribution < -0.4 is 19.9 Å². The van der Waals surface area contributed by atoms with Crippen molar-refractivity contribution in [3.8, 4) is 5.75 Å². The Hall–Kier alpha value is -3.79.